The number of benzene rings is 2. The maximum absolute atomic E-state index is 5.36. The molecule has 5 nitrogen and oxygen atoms in total. The highest BCUT2D eigenvalue weighted by Crippen LogP contribution is 2.30. The third-order valence-corrected chi connectivity index (χ3v) is 3.33. The second-order valence-electron chi connectivity index (χ2n) is 4.89. The van der Waals surface area contributed by atoms with Crippen molar-refractivity contribution in [2.24, 2.45) is 0 Å². The second kappa shape index (κ2) is 5.89. The minimum absolute atomic E-state index is 0.424. The Hall–Kier alpha value is -2.82. The van der Waals surface area contributed by atoms with Crippen molar-refractivity contribution in [3.8, 4) is 34.3 Å². The minimum atomic E-state index is 0.424. The first-order valence-corrected chi connectivity index (χ1v) is 6.84. The van der Waals surface area contributed by atoms with Gasteiger partial charge in [0.05, 0.1) is 14.2 Å². The highest BCUT2D eigenvalue weighted by atomic mass is 16.5. The lowest BCUT2D eigenvalue weighted by atomic mass is 10.1. The van der Waals surface area contributed by atoms with E-state index < -0.39 is 0 Å². The van der Waals surface area contributed by atoms with Crippen LogP contribution >= 0.6 is 0 Å². The van der Waals surface area contributed by atoms with Crippen molar-refractivity contribution in [1.82, 2.24) is 10.1 Å². The van der Waals surface area contributed by atoms with Crippen molar-refractivity contribution >= 4 is 0 Å². The first kappa shape index (κ1) is 14.1. The number of aromatic nitrogens is 2. The highest BCUT2D eigenvalue weighted by Gasteiger charge is 2.13. The van der Waals surface area contributed by atoms with Gasteiger partial charge in [-0.15, -0.1) is 0 Å². The molecule has 0 N–H and O–H groups in total. The zero-order chi connectivity index (χ0) is 15.5. The van der Waals surface area contributed by atoms with Gasteiger partial charge < -0.3 is 14.0 Å². The average molecular weight is 296 g/mol. The summed E-state index contributed by atoms with van der Waals surface area (Å²) in [6, 6.07) is 13.4. The molecule has 0 saturated heterocycles. The number of aryl methyl sites for hydroxylation is 1. The van der Waals surface area contributed by atoms with E-state index in [2.05, 4.69) is 10.1 Å². The fraction of sp³-hybridized carbons (Fsp3) is 0.176. The van der Waals surface area contributed by atoms with Crippen molar-refractivity contribution in [1.29, 1.82) is 0 Å². The van der Waals surface area contributed by atoms with Crippen LogP contribution in [0.25, 0.3) is 22.8 Å². The fourth-order valence-electron chi connectivity index (χ4n) is 2.09. The third kappa shape index (κ3) is 2.79. The zero-order valence-electron chi connectivity index (χ0n) is 12.7. The lowest BCUT2D eigenvalue weighted by Gasteiger charge is -2.05. The van der Waals surface area contributed by atoms with Crippen LogP contribution in [0.2, 0.25) is 0 Å². The van der Waals surface area contributed by atoms with Gasteiger partial charge in [-0.1, -0.05) is 35.0 Å². The number of methoxy groups -OCH3 is 2. The van der Waals surface area contributed by atoms with Gasteiger partial charge in [-0.05, 0) is 19.1 Å². The maximum Gasteiger partial charge on any atom is 0.258 e. The van der Waals surface area contributed by atoms with E-state index >= 15 is 0 Å². The Balaban J connectivity index is 1.98. The second-order valence-corrected chi connectivity index (χ2v) is 4.89. The van der Waals surface area contributed by atoms with Gasteiger partial charge in [0.25, 0.3) is 5.89 Å². The van der Waals surface area contributed by atoms with E-state index in [0.29, 0.717) is 23.2 Å². The SMILES string of the molecule is COc1cc(OC)cc(-c2nc(-c3ccc(C)cc3)no2)c1. The predicted octanol–water partition coefficient (Wildman–Crippen LogP) is 3.73. The first-order chi connectivity index (χ1) is 10.7. The van der Waals surface area contributed by atoms with Crippen LogP contribution in [0.5, 0.6) is 11.5 Å². The van der Waals surface area contributed by atoms with Crippen molar-refractivity contribution in [3.63, 3.8) is 0 Å². The van der Waals surface area contributed by atoms with Crippen molar-refractivity contribution in [2.45, 2.75) is 6.92 Å². The lowest BCUT2D eigenvalue weighted by molar-refractivity contribution is 0.393. The van der Waals surface area contributed by atoms with Gasteiger partial charge in [0, 0.05) is 17.2 Å². The van der Waals surface area contributed by atoms with Gasteiger partial charge in [0.15, 0.2) is 0 Å². The Morgan fingerprint density at radius 3 is 2.09 bits per heavy atom. The molecule has 0 bridgehead atoms. The van der Waals surface area contributed by atoms with Crippen molar-refractivity contribution < 1.29 is 14.0 Å². The number of rotatable bonds is 4. The highest BCUT2D eigenvalue weighted by molar-refractivity contribution is 5.63. The van der Waals surface area contributed by atoms with Gasteiger partial charge in [-0.2, -0.15) is 4.98 Å². The minimum Gasteiger partial charge on any atom is -0.497 e. The Labute approximate surface area is 128 Å². The van der Waals surface area contributed by atoms with Gasteiger partial charge in [-0.3, -0.25) is 0 Å². The van der Waals surface area contributed by atoms with Crippen LogP contribution in [0.3, 0.4) is 0 Å². The van der Waals surface area contributed by atoms with Crippen molar-refractivity contribution in [3.05, 3.63) is 48.0 Å². The van der Waals surface area contributed by atoms with Crippen LogP contribution in [0.4, 0.5) is 0 Å². The molecule has 3 rings (SSSR count). The molecule has 1 aromatic heterocycles. The summed E-state index contributed by atoms with van der Waals surface area (Å²) in [6.07, 6.45) is 0. The number of hydrogen-bond donors (Lipinski definition) is 0. The van der Waals surface area contributed by atoms with Crippen molar-refractivity contribution in [2.75, 3.05) is 14.2 Å². The molecule has 0 atom stereocenters. The van der Waals surface area contributed by atoms with E-state index in [4.69, 9.17) is 14.0 Å². The smallest absolute Gasteiger partial charge is 0.258 e. The molecule has 5 heteroatoms. The monoisotopic (exact) mass is 296 g/mol. The average Bonchev–Trinajstić information content (AvgIpc) is 3.05. The van der Waals surface area contributed by atoms with E-state index in [-0.39, 0.29) is 0 Å². The summed E-state index contributed by atoms with van der Waals surface area (Å²) in [5.41, 5.74) is 2.85. The summed E-state index contributed by atoms with van der Waals surface area (Å²) in [5.74, 6) is 2.32. The molecular weight excluding hydrogens is 280 g/mol. The quantitative estimate of drug-likeness (QED) is 0.734. The van der Waals surface area contributed by atoms with Crippen LogP contribution in [-0.4, -0.2) is 24.4 Å². The molecule has 22 heavy (non-hydrogen) atoms. The molecule has 3 aromatic rings. The summed E-state index contributed by atoms with van der Waals surface area (Å²) in [4.78, 5) is 4.44. The fourth-order valence-corrected chi connectivity index (χ4v) is 2.09. The van der Waals surface area contributed by atoms with Crippen LogP contribution < -0.4 is 9.47 Å². The Morgan fingerprint density at radius 1 is 0.864 bits per heavy atom. The third-order valence-electron chi connectivity index (χ3n) is 3.33. The normalized spacial score (nSPS) is 10.5. The summed E-state index contributed by atoms with van der Waals surface area (Å²) in [5, 5.41) is 4.04. The molecule has 112 valence electrons. The van der Waals surface area contributed by atoms with Crippen LogP contribution in [0.1, 0.15) is 5.56 Å². The van der Waals surface area contributed by atoms with Crippen LogP contribution in [0, 0.1) is 6.92 Å². The van der Waals surface area contributed by atoms with E-state index in [1.54, 1.807) is 20.3 Å². The largest absolute Gasteiger partial charge is 0.497 e. The molecule has 0 amide bonds. The predicted molar refractivity (Wildman–Crippen MR) is 83.0 cm³/mol. The number of ether oxygens (including phenoxy) is 2. The van der Waals surface area contributed by atoms with E-state index in [0.717, 1.165) is 11.1 Å². The van der Waals surface area contributed by atoms with Crippen LogP contribution in [0.15, 0.2) is 47.0 Å². The summed E-state index contributed by atoms with van der Waals surface area (Å²) in [7, 11) is 3.20. The number of hydrogen-bond acceptors (Lipinski definition) is 5. The molecule has 0 aliphatic heterocycles. The van der Waals surface area contributed by atoms with Crippen LogP contribution in [-0.2, 0) is 0 Å². The molecule has 0 fully saturated rings. The number of nitrogens with zero attached hydrogens (tertiary/aromatic N) is 2. The molecule has 0 spiro atoms. The topological polar surface area (TPSA) is 57.4 Å². The molecule has 0 radical (unpaired) electrons. The molecule has 0 aliphatic carbocycles. The Morgan fingerprint density at radius 2 is 1.50 bits per heavy atom. The molecule has 2 aromatic carbocycles. The Kier molecular flexibility index (Phi) is 3.78. The molecule has 0 aliphatic rings. The van der Waals surface area contributed by atoms with E-state index in [1.165, 1.54) is 5.56 Å². The standard InChI is InChI=1S/C17H16N2O3/c1-11-4-6-12(7-5-11)16-18-17(22-19-16)13-8-14(20-2)10-15(9-13)21-3/h4-10H,1-3H3. The zero-order valence-corrected chi connectivity index (χ0v) is 12.7. The molecule has 0 unspecified atom stereocenters. The maximum atomic E-state index is 5.36. The summed E-state index contributed by atoms with van der Waals surface area (Å²) < 4.78 is 15.9. The summed E-state index contributed by atoms with van der Waals surface area (Å²) in [6.45, 7) is 2.04. The summed E-state index contributed by atoms with van der Waals surface area (Å²) >= 11 is 0. The van der Waals surface area contributed by atoms with E-state index in [9.17, 15) is 0 Å². The Bertz CT molecular complexity index is 757. The van der Waals surface area contributed by atoms with E-state index in [1.807, 2.05) is 43.3 Å². The molecular formula is C17H16N2O3. The van der Waals surface area contributed by atoms with Gasteiger partial charge in [-0.25, -0.2) is 0 Å². The van der Waals surface area contributed by atoms with Gasteiger partial charge in [0.2, 0.25) is 5.82 Å². The van der Waals surface area contributed by atoms with Gasteiger partial charge >= 0.3 is 0 Å². The lowest BCUT2D eigenvalue weighted by Crippen LogP contribution is -1.89. The first-order valence-electron chi connectivity index (χ1n) is 6.84. The van der Waals surface area contributed by atoms with Gasteiger partial charge in [0.1, 0.15) is 11.5 Å². The molecule has 0 saturated carbocycles. The molecule has 1 heterocycles.